The van der Waals surface area contributed by atoms with Gasteiger partial charge in [-0.1, -0.05) is 18.2 Å². The molecule has 1 saturated carbocycles. The lowest BCUT2D eigenvalue weighted by Gasteiger charge is -2.23. The number of ketones is 1. The van der Waals surface area contributed by atoms with E-state index in [1.165, 1.54) is 0 Å². The second kappa shape index (κ2) is 5.34. The summed E-state index contributed by atoms with van der Waals surface area (Å²) in [6.07, 6.45) is 2.74. The van der Waals surface area contributed by atoms with Crippen molar-refractivity contribution in [2.45, 2.75) is 45.6 Å². The van der Waals surface area contributed by atoms with Crippen molar-refractivity contribution < 1.29 is 9.59 Å². The Morgan fingerprint density at radius 1 is 1.17 bits per heavy atom. The van der Waals surface area contributed by atoms with Crippen LogP contribution in [-0.4, -0.2) is 17.7 Å². The van der Waals surface area contributed by atoms with Gasteiger partial charge in [-0.05, 0) is 37.8 Å². The minimum absolute atomic E-state index is 0.00931. The molecular weight excluding hydrogens is 226 g/mol. The summed E-state index contributed by atoms with van der Waals surface area (Å²) in [6.45, 7) is 3.90. The van der Waals surface area contributed by atoms with Crippen LogP contribution in [0.2, 0.25) is 0 Å². The Balaban J connectivity index is 2.06. The number of amides is 1. The highest BCUT2D eigenvalue weighted by Gasteiger charge is 2.21. The third kappa shape index (κ3) is 2.78. The Bertz CT molecular complexity index is 449. The van der Waals surface area contributed by atoms with Crippen LogP contribution in [0.1, 0.15) is 47.2 Å². The number of rotatable bonds is 2. The quantitative estimate of drug-likeness (QED) is 0.870. The molecule has 0 bridgehead atoms. The third-order valence-electron chi connectivity index (χ3n) is 3.59. The van der Waals surface area contributed by atoms with Crippen molar-refractivity contribution in [2.75, 3.05) is 0 Å². The molecule has 0 unspecified atom stereocenters. The lowest BCUT2D eigenvalue weighted by atomic mass is 9.93. The molecule has 96 valence electrons. The average Bonchev–Trinajstić information content (AvgIpc) is 2.32. The number of carbonyl (C=O) groups excluding carboxylic acids is 2. The zero-order valence-electron chi connectivity index (χ0n) is 11.0. The fraction of sp³-hybridized carbons (Fsp3) is 0.467. The summed E-state index contributed by atoms with van der Waals surface area (Å²) >= 11 is 0. The number of nitrogens with one attached hydrogen (secondary N) is 1. The molecule has 3 heteroatoms. The summed E-state index contributed by atoms with van der Waals surface area (Å²) in [6, 6.07) is 6.01. The molecule has 0 aromatic heterocycles. The van der Waals surface area contributed by atoms with Gasteiger partial charge in [-0.2, -0.15) is 0 Å². The van der Waals surface area contributed by atoms with Gasteiger partial charge in [0.2, 0.25) is 0 Å². The molecule has 0 saturated heterocycles. The van der Waals surface area contributed by atoms with Crippen molar-refractivity contribution in [3.63, 3.8) is 0 Å². The predicted molar refractivity (Wildman–Crippen MR) is 70.6 cm³/mol. The highest BCUT2D eigenvalue weighted by atomic mass is 16.1. The largest absolute Gasteiger partial charge is 0.349 e. The smallest absolute Gasteiger partial charge is 0.252 e. The third-order valence-corrected chi connectivity index (χ3v) is 3.59. The van der Waals surface area contributed by atoms with Gasteiger partial charge in [0, 0.05) is 24.4 Å². The van der Waals surface area contributed by atoms with Gasteiger partial charge in [0.25, 0.3) is 5.91 Å². The molecule has 0 spiro atoms. The van der Waals surface area contributed by atoms with Crippen LogP contribution < -0.4 is 5.32 Å². The van der Waals surface area contributed by atoms with E-state index in [9.17, 15) is 9.59 Å². The molecule has 1 aliphatic rings. The number of benzene rings is 1. The van der Waals surface area contributed by atoms with E-state index in [2.05, 4.69) is 5.32 Å². The molecule has 1 aliphatic carbocycles. The number of hydrogen-bond acceptors (Lipinski definition) is 2. The molecule has 1 aromatic rings. The van der Waals surface area contributed by atoms with Crippen molar-refractivity contribution in [1.29, 1.82) is 0 Å². The number of hydrogen-bond donors (Lipinski definition) is 1. The van der Waals surface area contributed by atoms with Gasteiger partial charge in [0.15, 0.2) is 0 Å². The van der Waals surface area contributed by atoms with Gasteiger partial charge in [-0.25, -0.2) is 0 Å². The van der Waals surface area contributed by atoms with E-state index >= 15 is 0 Å². The minimum atomic E-state index is -0.00931. The summed E-state index contributed by atoms with van der Waals surface area (Å²) in [7, 11) is 0. The SMILES string of the molecule is Cc1cccc(C)c1C(=O)NC1CCC(=O)CC1. The maximum atomic E-state index is 12.2. The topological polar surface area (TPSA) is 46.2 Å². The van der Waals surface area contributed by atoms with Crippen LogP contribution in [-0.2, 0) is 4.79 Å². The molecule has 1 amide bonds. The summed E-state index contributed by atoms with van der Waals surface area (Å²) in [4.78, 5) is 23.4. The van der Waals surface area contributed by atoms with Crippen LogP contribution in [0.25, 0.3) is 0 Å². The molecule has 2 rings (SSSR count). The van der Waals surface area contributed by atoms with Crippen molar-refractivity contribution in [1.82, 2.24) is 5.32 Å². The van der Waals surface area contributed by atoms with E-state index in [0.29, 0.717) is 18.6 Å². The van der Waals surface area contributed by atoms with Gasteiger partial charge in [-0.3, -0.25) is 9.59 Å². The lowest BCUT2D eigenvalue weighted by Crippen LogP contribution is -2.38. The molecule has 0 heterocycles. The molecule has 3 nitrogen and oxygen atoms in total. The van der Waals surface area contributed by atoms with E-state index in [1.54, 1.807) is 0 Å². The first-order chi connectivity index (χ1) is 8.58. The monoisotopic (exact) mass is 245 g/mol. The van der Waals surface area contributed by atoms with Crippen LogP contribution >= 0.6 is 0 Å². The Hall–Kier alpha value is -1.64. The Morgan fingerprint density at radius 2 is 1.72 bits per heavy atom. The lowest BCUT2D eigenvalue weighted by molar-refractivity contribution is -0.120. The molecule has 1 N–H and O–H groups in total. The van der Waals surface area contributed by atoms with Crippen LogP contribution in [0.3, 0.4) is 0 Å². The molecule has 1 fully saturated rings. The zero-order chi connectivity index (χ0) is 13.1. The van der Waals surface area contributed by atoms with Gasteiger partial charge in [0.1, 0.15) is 5.78 Å². The highest BCUT2D eigenvalue weighted by Crippen LogP contribution is 2.17. The number of aryl methyl sites for hydroxylation is 2. The van der Waals surface area contributed by atoms with E-state index in [1.807, 2.05) is 32.0 Å². The minimum Gasteiger partial charge on any atom is -0.349 e. The van der Waals surface area contributed by atoms with Crippen LogP contribution in [0.15, 0.2) is 18.2 Å². The fourth-order valence-corrected chi connectivity index (χ4v) is 2.51. The van der Waals surface area contributed by atoms with E-state index in [4.69, 9.17) is 0 Å². The first-order valence-corrected chi connectivity index (χ1v) is 6.46. The maximum Gasteiger partial charge on any atom is 0.252 e. The molecule has 0 atom stereocenters. The van der Waals surface area contributed by atoms with Crippen LogP contribution in [0.4, 0.5) is 0 Å². The van der Waals surface area contributed by atoms with Crippen molar-refractivity contribution in [2.24, 2.45) is 0 Å². The molecule has 0 radical (unpaired) electrons. The van der Waals surface area contributed by atoms with Gasteiger partial charge in [0.05, 0.1) is 0 Å². The zero-order valence-corrected chi connectivity index (χ0v) is 11.0. The second-order valence-electron chi connectivity index (χ2n) is 5.05. The second-order valence-corrected chi connectivity index (χ2v) is 5.05. The summed E-state index contributed by atoms with van der Waals surface area (Å²) in [5, 5.41) is 3.05. The van der Waals surface area contributed by atoms with Gasteiger partial charge in [-0.15, -0.1) is 0 Å². The Labute approximate surface area is 108 Å². The average molecular weight is 245 g/mol. The first kappa shape index (κ1) is 12.8. The molecule has 0 aliphatic heterocycles. The summed E-state index contributed by atoms with van der Waals surface area (Å²) in [5.74, 6) is 0.303. The van der Waals surface area contributed by atoms with Crippen molar-refractivity contribution >= 4 is 11.7 Å². The number of Topliss-reactive ketones (excluding diaryl/α,β-unsaturated/α-hetero) is 1. The van der Waals surface area contributed by atoms with Gasteiger partial charge >= 0.3 is 0 Å². The Kier molecular flexibility index (Phi) is 3.80. The summed E-state index contributed by atoms with van der Waals surface area (Å²) in [5.41, 5.74) is 2.77. The highest BCUT2D eigenvalue weighted by molar-refractivity contribution is 5.97. The van der Waals surface area contributed by atoms with E-state index < -0.39 is 0 Å². The number of carbonyl (C=O) groups is 2. The van der Waals surface area contributed by atoms with Crippen LogP contribution in [0, 0.1) is 13.8 Å². The normalized spacial score (nSPS) is 16.7. The maximum absolute atomic E-state index is 12.2. The van der Waals surface area contributed by atoms with E-state index in [0.717, 1.165) is 29.5 Å². The molecular formula is C15H19NO2. The van der Waals surface area contributed by atoms with Crippen LogP contribution in [0.5, 0.6) is 0 Å². The molecule has 1 aromatic carbocycles. The first-order valence-electron chi connectivity index (χ1n) is 6.46. The van der Waals surface area contributed by atoms with Crippen molar-refractivity contribution in [3.05, 3.63) is 34.9 Å². The molecule has 18 heavy (non-hydrogen) atoms. The van der Waals surface area contributed by atoms with E-state index in [-0.39, 0.29) is 11.9 Å². The predicted octanol–water partition coefficient (Wildman–Crippen LogP) is 2.54. The standard InChI is InChI=1S/C15H19NO2/c1-10-4-3-5-11(2)14(10)15(18)16-12-6-8-13(17)9-7-12/h3-5,12H,6-9H2,1-2H3,(H,16,18). The van der Waals surface area contributed by atoms with Crippen molar-refractivity contribution in [3.8, 4) is 0 Å². The van der Waals surface area contributed by atoms with Gasteiger partial charge < -0.3 is 5.32 Å². The fourth-order valence-electron chi connectivity index (χ4n) is 2.51. The Morgan fingerprint density at radius 3 is 2.28 bits per heavy atom. The summed E-state index contributed by atoms with van der Waals surface area (Å²) < 4.78 is 0.